The third-order valence-electron chi connectivity index (χ3n) is 2.89. The van der Waals surface area contributed by atoms with Crippen molar-refractivity contribution in [3.8, 4) is 0 Å². The quantitative estimate of drug-likeness (QED) is 0.872. The molecule has 0 bridgehead atoms. The van der Waals surface area contributed by atoms with E-state index in [1.54, 1.807) is 6.20 Å². The summed E-state index contributed by atoms with van der Waals surface area (Å²) in [6.45, 7) is 4.31. The predicted octanol–water partition coefficient (Wildman–Crippen LogP) is 3.29. The number of rotatable bonds is 3. The first-order valence-corrected chi connectivity index (χ1v) is 5.87. The van der Waals surface area contributed by atoms with Gasteiger partial charge in [-0.05, 0) is 29.2 Å². The standard InChI is InChI=1S/C15H17NO/c1-11(2)12-6-8-13(9-7-12)15(17)14-5-3-4-10-16-14/h3-11,15,17H,1-2H3/t15-/m1/s1. The molecule has 1 aromatic carbocycles. The van der Waals surface area contributed by atoms with E-state index in [0.29, 0.717) is 11.6 Å². The van der Waals surface area contributed by atoms with Crippen LogP contribution in [-0.4, -0.2) is 10.1 Å². The highest BCUT2D eigenvalue weighted by Gasteiger charge is 2.11. The SMILES string of the molecule is CC(C)c1ccc([C@@H](O)c2ccccn2)cc1. The molecular weight excluding hydrogens is 210 g/mol. The van der Waals surface area contributed by atoms with E-state index in [1.807, 2.05) is 30.3 Å². The number of aromatic nitrogens is 1. The summed E-state index contributed by atoms with van der Waals surface area (Å²) in [5, 5.41) is 10.2. The number of hydrogen-bond donors (Lipinski definition) is 1. The van der Waals surface area contributed by atoms with Gasteiger partial charge < -0.3 is 5.11 Å². The molecule has 2 aromatic rings. The van der Waals surface area contributed by atoms with Crippen LogP contribution >= 0.6 is 0 Å². The normalized spacial score (nSPS) is 12.7. The number of aliphatic hydroxyl groups is 1. The molecule has 0 saturated carbocycles. The molecule has 2 heteroatoms. The van der Waals surface area contributed by atoms with Crippen LogP contribution in [0.25, 0.3) is 0 Å². The Kier molecular flexibility index (Phi) is 3.55. The molecule has 0 aliphatic carbocycles. The fourth-order valence-electron chi connectivity index (χ4n) is 1.77. The van der Waals surface area contributed by atoms with Crippen molar-refractivity contribution < 1.29 is 5.11 Å². The van der Waals surface area contributed by atoms with Crippen LogP contribution in [0.5, 0.6) is 0 Å². The van der Waals surface area contributed by atoms with E-state index in [2.05, 4.69) is 31.0 Å². The number of benzene rings is 1. The number of nitrogens with zero attached hydrogens (tertiary/aromatic N) is 1. The highest BCUT2D eigenvalue weighted by molar-refractivity contribution is 5.30. The van der Waals surface area contributed by atoms with Crippen molar-refractivity contribution in [2.75, 3.05) is 0 Å². The molecule has 2 nitrogen and oxygen atoms in total. The molecule has 88 valence electrons. The zero-order valence-corrected chi connectivity index (χ0v) is 10.2. The second kappa shape index (κ2) is 5.11. The van der Waals surface area contributed by atoms with Gasteiger partial charge in [-0.15, -0.1) is 0 Å². The molecule has 17 heavy (non-hydrogen) atoms. The van der Waals surface area contributed by atoms with Gasteiger partial charge in [0.2, 0.25) is 0 Å². The van der Waals surface area contributed by atoms with Crippen molar-refractivity contribution in [3.05, 3.63) is 65.5 Å². The van der Waals surface area contributed by atoms with E-state index >= 15 is 0 Å². The van der Waals surface area contributed by atoms with Gasteiger partial charge in [-0.2, -0.15) is 0 Å². The summed E-state index contributed by atoms with van der Waals surface area (Å²) in [4.78, 5) is 4.16. The van der Waals surface area contributed by atoms with Crippen LogP contribution in [0.15, 0.2) is 48.7 Å². The zero-order chi connectivity index (χ0) is 12.3. The Morgan fingerprint density at radius 3 is 2.12 bits per heavy atom. The number of aliphatic hydroxyl groups excluding tert-OH is 1. The van der Waals surface area contributed by atoms with Crippen molar-refractivity contribution in [2.45, 2.75) is 25.9 Å². The first-order chi connectivity index (χ1) is 8.18. The second-order valence-electron chi connectivity index (χ2n) is 4.48. The van der Waals surface area contributed by atoms with Gasteiger partial charge >= 0.3 is 0 Å². The van der Waals surface area contributed by atoms with Crippen LogP contribution < -0.4 is 0 Å². The molecule has 0 amide bonds. The summed E-state index contributed by atoms with van der Waals surface area (Å²) in [7, 11) is 0. The largest absolute Gasteiger partial charge is 0.382 e. The molecule has 1 heterocycles. The van der Waals surface area contributed by atoms with E-state index in [-0.39, 0.29) is 0 Å². The van der Waals surface area contributed by atoms with Crippen molar-refractivity contribution in [1.82, 2.24) is 4.98 Å². The summed E-state index contributed by atoms with van der Waals surface area (Å²) in [6.07, 6.45) is 1.05. The van der Waals surface area contributed by atoms with Crippen molar-refractivity contribution in [2.24, 2.45) is 0 Å². The summed E-state index contributed by atoms with van der Waals surface area (Å²) >= 11 is 0. The van der Waals surface area contributed by atoms with E-state index in [1.165, 1.54) is 5.56 Å². The lowest BCUT2D eigenvalue weighted by molar-refractivity contribution is 0.215. The molecule has 0 radical (unpaired) electrons. The molecule has 1 aromatic heterocycles. The van der Waals surface area contributed by atoms with E-state index in [0.717, 1.165) is 5.56 Å². The Hall–Kier alpha value is -1.67. The average Bonchev–Trinajstić information content (AvgIpc) is 2.39. The minimum atomic E-state index is -0.641. The van der Waals surface area contributed by atoms with Gasteiger partial charge in [-0.3, -0.25) is 4.98 Å². The minimum absolute atomic E-state index is 0.510. The fraction of sp³-hybridized carbons (Fsp3) is 0.267. The molecule has 2 rings (SSSR count). The molecular formula is C15H17NO. The van der Waals surface area contributed by atoms with Crippen LogP contribution in [0.1, 0.15) is 42.7 Å². The lowest BCUT2D eigenvalue weighted by atomic mass is 9.99. The van der Waals surface area contributed by atoms with E-state index in [9.17, 15) is 5.11 Å². The highest BCUT2D eigenvalue weighted by atomic mass is 16.3. The smallest absolute Gasteiger partial charge is 0.121 e. The van der Waals surface area contributed by atoms with Gasteiger partial charge in [0.05, 0.1) is 5.69 Å². The van der Waals surface area contributed by atoms with Gasteiger partial charge in [0.1, 0.15) is 6.10 Å². The Balaban J connectivity index is 2.23. The Morgan fingerprint density at radius 1 is 0.941 bits per heavy atom. The second-order valence-corrected chi connectivity index (χ2v) is 4.48. The molecule has 0 fully saturated rings. The Labute approximate surface area is 102 Å². The number of hydrogen-bond acceptors (Lipinski definition) is 2. The lowest BCUT2D eigenvalue weighted by Gasteiger charge is -2.12. The summed E-state index contributed by atoms with van der Waals surface area (Å²) in [5.74, 6) is 0.510. The topological polar surface area (TPSA) is 33.1 Å². The monoisotopic (exact) mass is 227 g/mol. The van der Waals surface area contributed by atoms with Gasteiger partial charge in [0.25, 0.3) is 0 Å². The van der Waals surface area contributed by atoms with Crippen LogP contribution in [-0.2, 0) is 0 Å². The van der Waals surface area contributed by atoms with Gasteiger partial charge in [0.15, 0.2) is 0 Å². The molecule has 0 saturated heterocycles. The maximum atomic E-state index is 10.2. The molecule has 0 unspecified atom stereocenters. The van der Waals surface area contributed by atoms with E-state index < -0.39 is 6.10 Å². The maximum absolute atomic E-state index is 10.2. The molecule has 0 aliphatic rings. The van der Waals surface area contributed by atoms with Crippen LogP contribution in [0.2, 0.25) is 0 Å². The molecule has 1 atom stereocenters. The van der Waals surface area contributed by atoms with Crippen LogP contribution in [0.3, 0.4) is 0 Å². The highest BCUT2D eigenvalue weighted by Crippen LogP contribution is 2.22. The first-order valence-electron chi connectivity index (χ1n) is 5.87. The minimum Gasteiger partial charge on any atom is -0.382 e. The van der Waals surface area contributed by atoms with Gasteiger partial charge in [-0.1, -0.05) is 44.2 Å². The average molecular weight is 227 g/mol. The number of pyridine rings is 1. The maximum Gasteiger partial charge on any atom is 0.121 e. The first kappa shape index (κ1) is 11.8. The molecule has 1 N–H and O–H groups in total. The Bertz CT molecular complexity index is 462. The predicted molar refractivity (Wildman–Crippen MR) is 68.8 cm³/mol. The Morgan fingerprint density at radius 2 is 1.59 bits per heavy atom. The van der Waals surface area contributed by atoms with Crippen molar-refractivity contribution in [3.63, 3.8) is 0 Å². The zero-order valence-electron chi connectivity index (χ0n) is 10.2. The summed E-state index contributed by atoms with van der Waals surface area (Å²) < 4.78 is 0. The molecule has 0 spiro atoms. The fourth-order valence-corrected chi connectivity index (χ4v) is 1.77. The van der Waals surface area contributed by atoms with Crippen LogP contribution in [0, 0.1) is 0 Å². The van der Waals surface area contributed by atoms with Gasteiger partial charge in [0, 0.05) is 6.20 Å². The third-order valence-corrected chi connectivity index (χ3v) is 2.89. The van der Waals surface area contributed by atoms with Crippen LogP contribution in [0.4, 0.5) is 0 Å². The summed E-state index contributed by atoms with van der Waals surface area (Å²) in [5.41, 5.74) is 2.85. The summed E-state index contributed by atoms with van der Waals surface area (Å²) in [6, 6.07) is 13.6. The van der Waals surface area contributed by atoms with Crippen molar-refractivity contribution in [1.29, 1.82) is 0 Å². The van der Waals surface area contributed by atoms with Crippen molar-refractivity contribution >= 4 is 0 Å². The van der Waals surface area contributed by atoms with Gasteiger partial charge in [-0.25, -0.2) is 0 Å². The lowest BCUT2D eigenvalue weighted by Crippen LogP contribution is -2.02. The molecule has 0 aliphatic heterocycles. The van der Waals surface area contributed by atoms with E-state index in [4.69, 9.17) is 0 Å². The third kappa shape index (κ3) is 2.71.